The summed E-state index contributed by atoms with van der Waals surface area (Å²) in [7, 11) is 0. The first-order valence-corrected chi connectivity index (χ1v) is 15.6. The van der Waals surface area contributed by atoms with Gasteiger partial charge in [-0.05, 0) is 78.0 Å². The molecule has 2 atom stereocenters. The van der Waals surface area contributed by atoms with Crippen molar-refractivity contribution in [3.8, 4) is 11.5 Å². The number of H-pyrrole nitrogens is 1. The second kappa shape index (κ2) is 16.3. The topological polar surface area (TPSA) is 170 Å². The molecule has 248 valence electrons. The largest absolute Gasteiger partial charge is 0.506 e. The molecule has 11 nitrogen and oxygen atoms in total. The van der Waals surface area contributed by atoms with Crippen molar-refractivity contribution in [3.05, 3.63) is 141 Å². The van der Waals surface area contributed by atoms with Crippen molar-refractivity contribution >= 4 is 23.0 Å². The van der Waals surface area contributed by atoms with E-state index in [-0.39, 0.29) is 36.6 Å². The predicted octanol–water partition coefficient (Wildman–Crippen LogP) is 5.43. The number of hydrogen-bond acceptors (Lipinski definition) is 8. The molecular weight excluding hydrogens is 614 g/mol. The number of ether oxygens (including phenoxy) is 2. The zero-order valence-electron chi connectivity index (χ0n) is 26.1. The van der Waals surface area contributed by atoms with Crippen molar-refractivity contribution < 1.29 is 34.4 Å². The zero-order valence-corrected chi connectivity index (χ0v) is 26.1. The van der Waals surface area contributed by atoms with Gasteiger partial charge in [0.05, 0.1) is 29.8 Å². The third-order valence-electron chi connectivity index (χ3n) is 7.77. The summed E-state index contributed by atoms with van der Waals surface area (Å²) in [6, 6.07) is 29.0. The molecule has 1 aromatic heterocycles. The van der Waals surface area contributed by atoms with Gasteiger partial charge in [0.2, 0.25) is 5.56 Å². The average Bonchev–Trinajstić information content (AvgIpc) is 3.10. The van der Waals surface area contributed by atoms with Gasteiger partial charge >= 0.3 is 12.1 Å². The van der Waals surface area contributed by atoms with E-state index in [1.165, 1.54) is 12.1 Å². The van der Waals surface area contributed by atoms with Gasteiger partial charge in [0.1, 0.15) is 18.1 Å². The van der Waals surface area contributed by atoms with Crippen molar-refractivity contribution in [2.75, 3.05) is 19.7 Å². The summed E-state index contributed by atoms with van der Waals surface area (Å²) in [5.41, 5.74) is 3.38. The first kappa shape index (κ1) is 33.7. The minimum atomic E-state index is -1.12. The highest BCUT2D eigenvalue weighted by Gasteiger charge is 2.17. The van der Waals surface area contributed by atoms with Gasteiger partial charge in [0.25, 0.3) is 0 Å². The van der Waals surface area contributed by atoms with Gasteiger partial charge in [0, 0.05) is 18.0 Å². The van der Waals surface area contributed by atoms with Crippen LogP contribution >= 0.6 is 0 Å². The fourth-order valence-corrected chi connectivity index (χ4v) is 5.31. The first-order valence-electron chi connectivity index (χ1n) is 15.6. The lowest BCUT2D eigenvalue weighted by molar-refractivity contribution is 0.0498. The van der Waals surface area contributed by atoms with E-state index < -0.39 is 24.2 Å². The highest BCUT2D eigenvalue weighted by Crippen LogP contribution is 2.29. The molecule has 0 fully saturated rings. The Hall–Kier alpha value is -5.65. The number of aliphatic hydroxyl groups is 1. The second-order valence-electron chi connectivity index (χ2n) is 11.2. The van der Waals surface area contributed by atoms with E-state index in [0.717, 1.165) is 23.1 Å². The van der Waals surface area contributed by atoms with E-state index in [0.29, 0.717) is 35.2 Å². The summed E-state index contributed by atoms with van der Waals surface area (Å²) in [6.07, 6.45) is -0.612. The third-order valence-corrected chi connectivity index (χ3v) is 7.77. The second-order valence-corrected chi connectivity index (χ2v) is 11.2. The molecule has 0 aliphatic heterocycles. The van der Waals surface area contributed by atoms with Crippen molar-refractivity contribution in [2.45, 2.75) is 31.6 Å². The van der Waals surface area contributed by atoms with Crippen molar-refractivity contribution in [1.82, 2.24) is 15.6 Å². The highest BCUT2D eigenvalue weighted by atomic mass is 16.5. The molecule has 1 amide bonds. The van der Waals surface area contributed by atoms with Crippen molar-refractivity contribution in [3.63, 3.8) is 0 Å². The molecular formula is C37H37N3O8. The fourth-order valence-electron chi connectivity index (χ4n) is 5.31. The molecule has 11 heteroatoms. The number of amides is 1. The molecule has 0 bridgehead atoms. The van der Waals surface area contributed by atoms with Gasteiger partial charge in [-0.3, -0.25) is 4.79 Å². The summed E-state index contributed by atoms with van der Waals surface area (Å²) in [6.45, 7) is 1.38. The van der Waals surface area contributed by atoms with Crippen LogP contribution in [-0.2, 0) is 11.3 Å². The van der Waals surface area contributed by atoms with E-state index in [9.17, 15) is 29.7 Å². The first-order chi connectivity index (χ1) is 23.3. The van der Waals surface area contributed by atoms with Crippen LogP contribution in [-0.4, -0.2) is 52.1 Å². The molecule has 0 aliphatic carbocycles. The van der Waals surface area contributed by atoms with Crippen LogP contribution in [0.5, 0.6) is 11.5 Å². The number of phenols is 1. The molecule has 4 aromatic carbocycles. The maximum absolute atomic E-state index is 12.5. The van der Waals surface area contributed by atoms with Gasteiger partial charge in [0.15, 0.2) is 0 Å². The smallest absolute Gasteiger partial charge is 0.405 e. The number of aromatic nitrogens is 1. The SMILES string of the molecule is O=C(O)NC(c1ccccc1)c1cccc(OCc2ccc(C(=O)OCCCCNCC(O)c3ccc(O)c4[nH]c(=O)ccc34)cc2)c1. The number of rotatable bonds is 15. The van der Waals surface area contributed by atoms with Gasteiger partial charge in [-0.1, -0.05) is 60.7 Å². The lowest BCUT2D eigenvalue weighted by Gasteiger charge is -2.19. The standard InChI is InChI=1S/C37H37N3O8/c41-31-17-15-29(30-16-18-33(43)39-35(30)31)32(42)22-38-19-4-5-20-47-36(44)26-13-11-24(12-14-26)23-48-28-10-6-9-27(21-28)34(40-37(45)46)25-7-2-1-3-8-25/h1-3,6-18,21,32,34,38,40-42H,4-5,19-20,22-23H2,(H,39,43)(H,45,46). The minimum Gasteiger partial charge on any atom is -0.506 e. The minimum absolute atomic E-state index is 0.0594. The van der Waals surface area contributed by atoms with E-state index in [1.807, 2.05) is 42.5 Å². The molecule has 48 heavy (non-hydrogen) atoms. The summed E-state index contributed by atoms with van der Waals surface area (Å²) >= 11 is 0. The van der Waals surface area contributed by atoms with Crippen LogP contribution in [0.4, 0.5) is 4.79 Å². The Bertz CT molecular complexity index is 1890. The van der Waals surface area contributed by atoms with Crippen LogP contribution in [0, 0.1) is 0 Å². The number of hydrogen-bond donors (Lipinski definition) is 6. The Labute approximate surface area is 276 Å². The summed E-state index contributed by atoms with van der Waals surface area (Å²) < 4.78 is 11.4. The number of benzene rings is 4. The molecule has 6 N–H and O–H groups in total. The fraction of sp³-hybridized carbons (Fsp3) is 0.216. The number of nitrogens with one attached hydrogen (secondary N) is 3. The summed E-state index contributed by atoms with van der Waals surface area (Å²) in [5, 5.41) is 36.4. The number of carbonyl (C=O) groups is 2. The van der Waals surface area contributed by atoms with Crippen LogP contribution in [0.2, 0.25) is 0 Å². The van der Waals surface area contributed by atoms with Crippen molar-refractivity contribution in [1.29, 1.82) is 0 Å². The summed E-state index contributed by atoms with van der Waals surface area (Å²) in [4.78, 5) is 38.2. The summed E-state index contributed by atoms with van der Waals surface area (Å²) in [5.74, 6) is 0.101. The Balaban J connectivity index is 1.03. The van der Waals surface area contributed by atoms with Gasteiger partial charge in [-0.25, -0.2) is 9.59 Å². The quantitative estimate of drug-likeness (QED) is 0.0638. The maximum Gasteiger partial charge on any atom is 0.405 e. The molecule has 1 heterocycles. The van der Waals surface area contributed by atoms with Crippen LogP contribution in [0.15, 0.2) is 108 Å². The molecule has 5 rings (SSSR count). The Morgan fingerprint density at radius 3 is 2.40 bits per heavy atom. The number of aromatic hydroxyl groups is 1. The van der Waals surface area contributed by atoms with E-state index in [4.69, 9.17) is 9.47 Å². The molecule has 0 aliphatic rings. The van der Waals surface area contributed by atoms with Gasteiger partial charge in [-0.2, -0.15) is 0 Å². The van der Waals surface area contributed by atoms with E-state index >= 15 is 0 Å². The van der Waals surface area contributed by atoms with Crippen LogP contribution in [0.1, 0.15) is 57.6 Å². The molecule has 0 radical (unpaired) electrons. The van der Waals surface area contributed by atoms with Crippen LogP contribution in [0.25, 0.3) is 10.9 Å². The number of carboxylic acid groups (broad SMARTS) is 1. The van der Waals surface area contributed by atoms with Crippen LogP contribution in [0.3, 0.4) is 0 Å². The number of aromatic amines is 1. The van der Waals surface area contributed by atoms with Crippen molar-refractivity contribution in [2.24, 2.45) is 0 Å². The van der Waals surface area contributed by atoms with Crippen LogP contribution < -0.4 is 20.9 Å². The normalized spacial score (nSPS) is 12.3. The molecule has 0 saturated carbocycles. The maximum atomic E-state index is 12.5. The lowest BCUT2D eigenvalue weighted by Crippen LogP contribution is -2.27. The van der Waals surface area contributed by atoms with E-state index in [1.54, 1.807) is 48.5 Å². The van der Waals surface area contributed by atoms with Gasteiger partial charge < -0.3 is 40.4 Å². The lowest BCUT2D eigenvalue weighted by atomic mass is 9.98. The number of esters is 1. The average molecular weight is 652 g/mol. The monoisotopic (exact) mass is 651 g/mol. The third kappa shape index (κ3) is 8.99. The Morgan fingerprint density at radius 1 is 0.854 bits per heavy atom. The number of fused-ring (bicyclic) bond motifs is 1. The number of aliphatic hydroxyl groups excluding tert-OH is 1. The predicted molar refractivity (Wildman–Crippen MR) is 180 cm³/mol. The molecule has 5 aromatic rings. The number of phenolic OH excluding ortho intramolecular Hbond substituents is 1. The number of unbranched alkanes of at least 4 members (excludes halogenated alkanes) is 1. The number of pyridine rings is 1. The molecule has 0 spiro atoms. The molecule has 0 saturated heterocycles. The zero-order chi connectivity index (χ0) is 33.9. The van der Waals surface area contributed by atoms with Gasteiger partial charge in [-0.15, -0.1) is 0 Å². The number of carbonyl (C=O) groups excluding carboxylic acids is 1. The highest BCUT2D eigenvalue weighted by molar-refractivity contribution is 5.89. The Morgan fingerprint density at radius 2 is 1.62 bits per heavy atom. The van der Waals surface area contributed by atoms with E-state index in [2.05, 4.69) is 15.6 Å². The Kier molecular flexibility index (Phi) is 11.4. The molecule has 2 unspecified atom stereocenters.